The summed E-state index contributed by atoms with van der Waals surface area (Å²) in [4.78, 5) is 40.9. The lowest BCUT2D eigenvalue weighted by atomic mass is 9.83. The van der Waals surface area contributed by atoms with Crippen LogP contribution >= 0.6 is 11.3 Å². The molecule has 3 aromatic rings. The van der Waals surface area contributed by atoms with E-state index in [0.717, 1.165) is 23.2 Å². The van der Waals surface area contributed by atoms with Gasteiger partial charge in [-0.1, -0.05) is 12.1 Å². The highest BCUT2D eigenvalue weighted by molar-refractivity contribution is 7.17. The first-order valence-electron chi connectivity index (χ1n) is 8.86. The highest BCUT2D eigenvalue weighted by atomic mass is 32.1. The molecule has 0 saturated heterocycles. The minimum atomic E-state index is -0.0672. The molecule has 3 heterocycles. The molecule has 0 unspecified atom stereocenters. The molecule has 0 fully saturated rings. The molecule has 6 nitrogen and oxygen atoms in total. The fraction of sp³-hybridized carbons (Fsp3) is 0.250. The summed E-state index contributed by atoms with van der Waals surface area (Å²) in [5.74, 6) is 0.871. The second kappa shape index (κ2) is 6.06. The first-order valence-corrected chi connectivity index (χ1v) is 9.68. The molecule has 134 valence electrons. The van der Waals surface area contributed by atoms with Gasteiger partial charge in [-0.05, 0) is 31.0 Å². The first kappa shape index (κ1) is 16.3. The van der Waals surface area contributed by atoms with Gasteiger partial charge >= 0.3 is 0 Å². The molecule has 1 atom stereocenters. The van der Waals surface area contributed by atoms with Crippen LogP contribution in [0.25, 0.3) is 10.8 Å². The van der Waals surface area contributed by atoms with E-state index < -0.39 is 0 Å². The Balaban J connectivity index is 1.54. The van der Waals surface area contributed by atoms with Crippen molar-refractivity contribution in [2.45, 2.75) is 25.7 Å². The summed E-state index contributed by atoms with van der Waals surface area (Å²) in [6.07, 6.45) is 4.68. The summed E-state index contributed by atoms with van der Waals surface area (Å²) in [6.45, 7) is 2.45. The zero-order chi connectivity index (χ0) is 18.5. The summed E-state index contributed by atoms with van der Waals surface area (Å²) >= 11 is 1.32. The molecule has 0 saturated carbocycles. The zero-order valence-corrected chi connectivity index (χ0v) is 15.5. The van der Waals surface area contributed by atoms with E-state index in [9.17, 15) is 9.59 Å². The third-order valence-corrected chi connectivity index (χ3v) is 6.34. The average molecular weight is 376 g/mol. The largest absolute Gasteiger partial charge is 0.307 e. The molecule has 7 heteroatoms. The number of aryl methyl sites for hydroxylation is 1. The van der Waals surface area contributed by atoms with Gasteiger partial charge in [-0.3, -0.25) is 9.59 Å². The number of benzene rings is 1. The standard InChI is InChI=1S/C20H16N4O2S/c1-11-17(27-19(23-11)18-21-8-3-9-22-18)20(26)24-10-12-6-7-15(25)13-4-2-5-14(24)16(12)13/h2-5,8-9,12H,6-7,10H2,1H3/t12-/m1/s1. The topological polar surface area (TPSA) is 76.1 Å². The molecule has 2 aromatic heterocycles. The Kier molecular flexibility index (Phi) is 3.65. The van der Waals surface area contributed by atoms with Crippen LogP contribution in [-0.2, 0) is 0 Å². The lowest BCUT2D eigenvalue weighted by Gasteiger charge is -2.18. The second-order valence-corrected chi connectivity index (χ2v) is 7.82. The molecule has 1 aliphatic heterocycles. The van der Waals surface area contributed by atoms with Crippen molar-refractivity contribution in [1.82, 2.24) is 15.0 Å². The molecule has 1 aromatic carbocycles. The lowest BCUT2D eigenvalue weighted by molar-refractivity contribution is 0.0968. The van der Waals surface area contributed by atoms with E-state index in [0.29, 0.717) is 34.4 Å². The highest BCUT2D eigenvalue weighted by Gasteiger charge is 2.39. The molecule has 2 aliphatic rings. The zero-order valence-electron chi connectivity index (χ0n) is 14.7. The van der Waals surface area contributed by atoms with Gasteiger partial charge in [-0.2, -0.15) is 0 Å². The molecule has 1 amide bonds. The van der Waals surface area contributed by atoms with Gasteiger partial charge in [0.25, 0.3) is 5.91 Å². The fourth-order valence-corrected chi connectivity index (χ4v) is 4.92. The number of ketones is 1. The number of carbonyl (C=O) groups is 2. The van der Waals surface area contributed by atoms with Crippen molar-refractivity contribution in [3.63, 3.8) is 0 Å². The third-order valence-electron chi connectivity index (χ3n) is 5.20. The smallest absolute Gasteiger partial charge is 0.270 e. The van der Waals surface area contributed by atoms with Gasteiger partial charge in [0.2, 0.25) is 0 Å². The Bertz CT molecular complexity index is 1080. The van der Waals surface area contributed by atoms with E-state index in [1.54, 1.807) is 23.4 Å². The molecular weight excluding hydrogens is 360 g/mol. The van der Waals surface area contributed by atoms with Crippen molar-refractivity contribution >= 4 is 28.7 Å². The molecule has 1 aliphatic carbocycles. The summed E-state index contributed by atoms with van der Waals surface area (Å²) < 4.78 is 0. The molecule has 0 bridgehead atoms. The Morgan fingerprint density at radius 3 is 2.85 bits per heavy atom. The van der Waals surface area contributed by atoms with Crippen LogP contribution in [0.1, 0.15) is 50.0 Å². The number of hydrogen-bond acceptors (Lipinski definition) is 6. The lowest BCUT2D eigenvalue weighted by Crippen LogP contribution is -2.29. The van der Waals surface area contributed by atoms with Crippen LogP contribution in [0, 0.1) is 6.92 Å². The number of thiazole rings is 1. The molecule has 0 radical (unpaired) electrons. The van der Waals surface area contributed by atoms with Crippen LogP contribution in [0.2, 0.25) is 0 Å². The monoisotopic (exact) mass is 376 g/mol. The van der Waals surface area contributed by atoms with E-state index in [2.05, 4.69) is 15.0 Å². The average Bonchev–Trinajstić information content (AvgIpc) is 3.27. The fourth-order valence-electron chi connectivity index (χ4n) is 3.96. The molecule has 5 rings (SSSR count). The van der Waals surface area contributed by atoms with Crippen molar-refractivity contribution in [3.8, 4) is 10.8 Å². The maximum absolute atomic E-state index is 13.3. The molecule has 27 heavy (non-hydrogen) atoms. The van der Waals surface area contributed by atoms with Crippen LogP contribution in [-0.4, -0.2) is 33.2 Å². The van der Waals surface area contributed by atoms with E-state index >= 15 is 0 Å². The van der Waals surface area contributed by atoms with Gasteiger partial charge in [0.15, 0.2) is 16.6 Å². The number of hydrogen-bond donors (Lipinski definition) is 0. The number of carbonyl (C=O) groups excluding carboxylic acids is 2. The van der Waals surface area contributed by atoms with Crippen LogP contribution in [0.3, 0.4) is 0 Å². The van der Waals surface area contributed by atoms with Crippen molar-refractivity contribution in [3.05, 3.63) is 58.4 Å². The third kappa shape index (κ3) is 2.49. The van der Waals surface area contributed by atoms with Gasteiger partial charge in [0, 0.05) is 42.5 Å². The van der Waals surface area contributed by atoms with E-state index in [4.69, 9.17) is 0 Å². The predicted octanol–water partition coefficient (Wildman–Crippen LogP) is 3.63. The van der Waals surface area contributed by atoms with Crippen LogP contribution in [0.5, 0.6) is 0 Å². The van der Waals surface area contributed by atoms with Crippen LogP contribution < -0.4 is 4.90 Å². The van der Waals surface area contributed by atoms with Crippen molar-refractivity contribution in [2.75, 3.05) is 11.4 Å². The van der Waals surface area contributed by atoms with Crippen molar-refractivity contribution in [2.24, 2.45) is 0 Å². The van der Waals surface area contributed by atoms with Crippen molar-refractivity contribution in [1.29, 1.82) is 0 Å². The number of anilines is 1. The molecule has 0 spiro atoms. The molecule has 0 N–H and O–H groups in total. The number of amides is 1. The van der Waals surface area contributed by atoms with Gasteiger partial charge < -0.3 is 4.90 Å². The van der Waals surface area contributed by atoms with Gasteiger partial charge in [-0.15, -0.1) is 11.3 Å². The number of nitrogens with zero attached hydrogens (tertiary/aromatic N) is 4. The van der Waals surface area contributed by atoms with Crippen LogP contribution in [0.4, 0.5) is 5.69 Å². The Hall–Kier alpha value is -2.93. The Morgan fingerprint density at radius 1 is 1.22 bits per heavy atom. The van der Waals surface area contributed by atoms with Crippen LogP contribution in [0.15, 0.2) is 36.7 Å². The van der Waals surface area contributed by atoms with E-state index in [-0.39, 0.29) is 17.6 Å². The quantitative estimate of drug-likeness (QED) is 0.683. The van der Waals surface area contributed by atoms with E-state index in [1.807, 2.05) is 25.1 Å². The predicted molar refractivity (Wildman–Crippen MR) is 102 cm³/mol. The van der Waals surface area contributed by atoms with Gasteiger partial charge in [0.1, 0.15) is 4.88 Å². The molecular formula is C20H16N4O2S. The summed E-state index contributed by atoms with van der Waals surface area (Å²) in [7, 11) is 0. The summed E-state index contributed by atoms with van der Waals surface area (Å²) in [5.41, 5.74) is 3.36. The number of rotatable bonds is 2. The second-order valence-electron chi connectivity index (χ2n) is 6.82. The number of aromatic nitrogens is 3. The summed E-state index contributed by atoms with van der Waals surface area (Å²) in [5, 5.41) is 0.640. The van der Waals surface area contributed by atoms with Gasteiger partial charge in [-0.25, -0.2) is 15.0 Å². The normalized spacial score (nSPS) is 17.9. The number of Topliss-reactive ketones (excluding diaryl/α,β-unsaturated/α-hetero) is 1. The minimum absolute atomic E-state index is 0.0672. The van der Waals surface area contributed by atoms with Crippen molar-refractivity contribution < 1.29 is 9.59 Å². The SMILES string of the molecule is Cc1nc(-c2ncccn2)sc1C(=O)N1C[C@H]2CCC(=O)c3cccc1c32. The Morgan fingerprint density at radius 2 is 2.04 bits per heavy atom. The maximum atomic E-state index is 13.3. The highest BCUT2D eigenvalue weighted by Crippen LogP contribution is 2.45. The Labute approximate surface area is 159 Å². The first-order chi connectivity index (χ1) is 13.1. The maximum Gasteiger partial charge on any atom is 0.270 e. The van der Waals surface area contributed by atoms with Gasteiger partial charge in [0.05, 0.1) is 5.69 Å². The minimum Gasteiger partial charge on any atom is -0.307 e. The summed E-state index contributed by atoms with van der Waals surface area (Å²) in [6, 6.07) is 7.43. The van der Waals surface area contributed by atoms with E-state index in [1.165, 1.54) is 11.3 Å².